The lowest BCUT2D eigenvalue weighted by Crippen LogP contribution is -1.96. The number of benzene rings is 1. The minimum atomic E-state index is -0.267. The molecule has 1 unspecified atom stereocenters. The van der Waals surface area contributed by atoms with Crippen LogP contribution in [0.15, 0.2) is 23.6 Å². The van der Waals surface area contributed by atoms with Gasteiger partial charge >= 0.3 is 0 Å². The van der Waals surface area contributed by atoms with Crippen LogP contribution in [0.5, 0.6) is 5.75 Å². The SMILES string of the molecule is COc1csc(C(Cl)c2cc(C)c(F)c(C)c2)c1. The third-order valence-electron chi connectivity index (χ3n) is 2.83. The van der Waals surface area contributed by atoms with E-state index in [0.717, 1.165) is 16.2 Å². The van der Waals surface area contributed by atoms with E-state index < -0.39 is 0 Å². The van der Waals surface area contributed by atoms with E-state index in [1.54, 1.807) is 44.4 Å². The lowest BCUT2D eigenvalue weighted by molar-refractivity contribution is 0.416. The normalized spacial score (nSPS) is 12.5. The fourth-order valence-corrected chi connectivity index (χ4v) is 3.06. The molecule has 0 fully saturated rings. The summed E-state index contributed by atoms with van der Waals surface area (Å²) in [5.41, 5.74) is 2.16. The highest BCUT2D eigenvalue weighted by Gasteiger charge is 2.16. The highest BCUT2D eigenvalue weighted by molar-refractivity contribution is 7.10. The summed E-state index contributed by atoms with van der Waals surface area (Å²) in [7, 11) is 1.63. The first-order valence-corrected chi connectivity index (χ1v) is 6.87. The van der Waals surface area contributed by atoms with Crippen molar-refractivity contribution in [1.29, 1.82) is 0 Å². The minimum absolute atomic E-state index is 0.161. The van der Waals surface area contributed by atoms with Gasteiger partial charge in [-0.1, -0.05) is 12.1 Å². The van der Waals surface area contributed by atoms with Crippen LogP contribution < -0.4 is 4.74 Å². The van der Waals surface area contributed by atoms with E-state index in [2.05, 4.69) is 0 Å². The predicted molar refractivity (Wildman–Crippen MR) is 74.4 cm³/mol. The Labute approximate surface area is 115 Å². The van der Waals surface area contributed by atoms with Crippen molar-refractivity contribution in [2.45, 2.75) is 19.2 Å². The number of hydrogen-bond acceptors (Lipinski definition) is 2. The summed E-state index contributed by atoms with van der Waals surface area (Å²) in [4.78, 5) is 0.999. The van der Waals surface area contributed by atoms with E-state index >= 15 is 0 Å². The average Bonchev–Trinajstić information content (AvgIpc) is 2.83. The molecule has 0 saturated heterocycles. The van der Waals surface area contributed by atoms with E-state index in [1.807, 2.05) is 11.4 Å². The number of rotatable bonds is 3. The third-order valence-corrected chi connectivity index (χ3v) is 4.42. The van der Waals surface area contributed by atoms with Crippen molar-refractivity contribution < 1.29 is 9.13 Å². The molecule has 0 radical (unpaired) electrons. The van der Waals surface area contributed by atoms with Crippen LogP contribution in [-0.2, 0) is 0 Å². The molecule has 0 aliphatic rings. The molecule has 0 spiro atoms. The Kier molecular flexibility index (Phi) is 3.93. The zero-order chi connectivity index (χ0) is 13.3. The average molecular weight is 285 g/mol. The summed E-state index contributed by atoms with van der Waals surface area (Å²) in [5.74, 6) is 0.641. The van der Waals surface area contributed by atoms with Gasteiger partial charge in [0, 0.05) is 10.3 Å². The van der Waals surface area contributed by atoms with Crippen molar-refractivity contribution >= 4 is 22.9 Å². The molecule has 2 aromatic rings. The van der Waals surface area contributed by atoms with Gasteiger partial charge in [-0.25, -0.2) is 4.39 Å². The zero-order valence-electron chi connectivity index (χ0n) is 10.5. The Balaban J connectivity index is 2.36. The molecule has 1 nitrogen and oxygen atoms in total. The maximum absolute atomic E-state index is 13.6. The van der Waals surface area contributed by atoms with Gasteiger partial charge in [0.1, 0.15) is 11.6 Å². The zero-order valence-corrected chi connectivity index (χ0v) is 12.0. The Hall–Kier alpha value is -1.06. The first kappa shape index (κ1) is 13.4. The molecule has 1 aromatic carbocycles. The van der Waals surface area contributed by atoms with Crippen LogP contribution in [0, 0.1) is 19.7 Å². The largest absolute Gasteiger partial charge is 0.496 e. The maximum atomic E-state index is 13.6. The van der Waals surface area contributed by atoms with Crippen LogP contribution in [0.3, 0.4) is 0 Å². The van der Waals surface area contributed by atoms with Crippen molar-refractivity contribution in [3.63, 3.8) is 0 Å². The number of ether oxygens (including phenoxy) is 1. The standard InChI is InChI=1S/C14H14ClFOS/c1-8-4-10(5-9(2)14(8)16)13(15)12-6-11(17-3)7-18-12/h4-7,13H,1-3H3. The van der Waals surface area contributed by atoms with Gasteiger partial charge in [-0.3, -0.25) is 0 Å². The van der Waals surface area contributed by atoms with Crippen molar-refractivity contribution in [2.24, 2.45) is 0 Å². The van der Waals surface area contributed by atoms with Gasteiger partial charge < -0.3 is 4.74 Å². The second kappa shape index (κ2) is 5.29. The molecule has 96 valence electrons. The molecule has 1 heterocycles. The van der Waals surface area contributed by atoms with Gasteiger partial charge in [0.25, 0.3) is 0 Å². The highest BCUT2D eigenvalue weighted by Crippen LogP contribution is 2.36. The molecular formula is C14H14ClFOS. The van der Waals surface area contributed by atoms with Gasteiger partial charge in [0.05, 0.1) is 12.5 Å². The van der Waals surface area contributed by atoms with Crippen molar-refractivity contribution in [3.8, 4) is 5.75 Å². The fourth-order valence-electron chi connectivity index (χ4n) is 1.86. The molecule has 1 aromatic heterocycles. The molecule has 0 aliphatic carbocycles. The first-order chi connectivity index (χ1) is 8.52. The van der Waals surface area contributed by atoms with Gasteiger partial charge in [-0.05, 0) is 36.6 Å². The van der Waals surface area contributed by atoms with Crippen LogP contribution in [0.25, 0.3) is 0 Å². The van der Waals surface area contributed by atoms with Crippen molar-refractivity contribution in [3.05, 3.63) is 51.0 Å². The third kappa shape index (κ3) is 2.52. The summed E-state index contributed by atoms with van der Waals surface area (Å²) >= 11 is 7.97. The Morgan fingerprint density at radius 2 is 1.83 bits per heavy atom. The minimum Gasteiger partial charge on any atom is -0.496 e. The number of halogens is 2. The number of methoxy groups -OCH3 is 1. The Morgan fingerprint density at radius 1 is 1.22 bits per heavy atom. The Morgan fingerprint density at radius 3 is 2.33 bits per heavy atom. The van der Waals surface area contributed by atoms with Gasteiger partial charge in [0.2, 0.25) is 0 Å². The second-order valence-electron chi connectivity index (χ2n) is 4.22. The van der Waals surface area contributed by atoms with E-state index in [-0.39, 0.29) is 11.2 Å². The van der Waals surface area contributed by atoms with E-state index in [4.69, 9.17) is 16.3 Å². The molecular weight excluding hydrogens is 271 g/mol. The Bertz CT molecular complexity index is 542. The second-order valence-corrected chi connectivity index (χ2v) is 5.60. The topological polar surface area (TPSA) is 9.23 Å². The van der Waals surface area contributed by atoms with Crippen LogP contribution in [-0.4, -0.2) is 7.11 Å². The molecule has 0 bridgehead atoms. The van der Waals surface area contributed by atoms with Gasteiger partial charge in [-0.15, -0.1) is 22.9 Å². The molecule has 0 aliphatic heterocycles. The molecule has 0 saturated carbocycles. The van der Waals surface area contributed by atoms with Crippen LogP contribution in [0.2, 0.25) is 0 Å². The summed E-state index contributed by atoms with van der Waals surface area (Å²) in [6, 6.07) is 5.51. The quantitative estimate of drug-likeness (QED) is 0.733. The summed E-state index contributed by atoms with van der Waals surface area (Å²) < 4.78 is 18.7. The smallest absolute Gasteiger partial charge is 0.129 e. The van der Waals surface area contributed by atoms with Crippen molar-refractivity contribution in [2.75, 3.05) is 7.11 Å². The van der Waals surface area contributed by atoms with Crippen molar-refractivity contribution in [1.82, 2.24) is 0 Å². The maximum Gasteiger partial charge on any atom is 0.129 e. The van der Waals surface area contributed by atoms with E-state index in [1.165, 1.54) is 0 Å². The predicted octanol–water partition coefficient (Wildman–Crippen LogP) is 4.84. The van der Waals surface area contributed by atoms with Crippen LogP contribution in [0.1, 0.15) is 26.9 Å². The molecule has 0 N–H and O–H groups in total. The molecule has 1 atom stereocenters. The molecule has 2 rings (SSSR count). The van der Waals surface area contributed by atoms with Crippen LogP contribution in [0.4, 0.5) is 4.39 Å². The van der Waals surface area contributed by atoms with E-state index in [0.29, 0.717) is 11.1 Å². The van der Waals surface area contributed by atoms with Crippen LogP contribution >= 0.6 is 22.9 Å². The summed E-state index contributed by atoms with van der Waals surface area (Å²) in [5, 5.41) is 1.64. The number of hydrogen-bond donors (Lipinski definition) is 0. The summed E-state index contributed by atoms with van der Waals surface area (Å²) in [6.07, 6.45) is 0. The number of alkyl halides is 1. The molecule has 18 heavy (non-hydrogen) atoms. The van der Waals surface area contributed by atoms with Gasteiger partial charge in [0.15, 0.2) is 0 Å². The lowest BCUT2D eigenvalue weighted by Gasteiger charge is -2.11. The highest BCUT2D eigenvalue weighted by atomic mass is 35.5. The fraction of sp³-hybridized carbons (Fsp3) is 0.286. The summed E-state index contributed by atoms with van der Waals surface area (Å²) in [6.45, 7) is 3.51. The van der Waals surface area contributed by atoms with Gasteiger partial charge in [-0.2, -0.15) is 0 Å². The lowest BCUT2D eigenvalue weighted by atomic mass is 10.0. The van der Waals surface area contributed by atoms with E-state index in [9.17, 15) is 4.39 Å². The molecule has 0 amide bonds. The number of aryl methyl sites for hydroxylation is 2. The molecule has 4 heteroatoms. The number of thiophene rings is 1. The monoisotopic (exact) mass is 284 g/mol. The first-order valence-electron chi connectivity index (χ1n) is 5.56.